The van der Waals surface area contributed by atoms with Crippen molar-refractivity contribution in [3.05, 3.63) is 48.4 Å². The normalized spacial score (nSPS) is 22.1. The highest BCUT2D eigenvalue weighted by molar-refractivity contribution is 5.74. The second-order valence-electron chi connectivity index (χ2n) is 10.3. The Labute approximate surface area is 224 Å². The molecule has 0 spiro atoms. The van der Waals surface area contributed by atoms with Gasteiger partial charge in [0, 0.05) is 49.5 Å². The number of benzene rings is 1. The summed E-state index contributed by atoms with van der Waals surface area (Å²) in [7, 11) is 0. The third-order valence-corrected chi connectivity index (χ3v) is 7.81. The van der Waals surface area contributed by atoms with Gasteiger partial charge in [-0.2, -0.15) is 0 Å². The predicted octanol–water partition coefficient (Wildman–Crippen LogP) is 3.55. The predicted molar refractivity (Wildman–Crippen MR) is 151 cm³/mol. The summed E-state index contributed by atoms with van der Waals surface area (Å²) in [6.07, 6.45) is 5.18. The fourth-order valence-corrected chi connectivity index (χ4v) is 5.45. The van der Waals surface area contributed by atoms with E-state index in [1.807, 2.05) is 24.3 Å². The van der Waals surface area contributed by atoms with Gasteiger partial charge in [-0.25, -0.2) is 9.97 Å². The Morgan fingerprint density at radius 1 is 0.974 bits per heavy atom. The molecule has 0 saturated carbocycles. The van der Waals surface area contributed by atoms with Crippen molar-refractivity contribution >= 4 is 17.3 Å². The van der Waals surface area contributed by atoms with Gasteiger partial charge in [0.1, 0.15) is 11.6 Å². The van der Waals surface area contributed by atoms with Gasteiger partial charge in [-0.15, -0.1) is 10.2 Å². The van der Waals surface area contributed by atoms with E-state index in [-0.39, 0.29) is 11.8 Å². The molecule has 38 heavy (non-hydrogen) atoms. The molecule has 4 heterocycles. The van der Waals surface area contributed by atoms with Gasteiger partial charge in [0.25, 0.3) is 0 Å². The lowest BCUT2D eigenvalue weighted by atomic mass is 10.1. The minimum Gasteiger partial charge on any atom is -0.507 e. The number of nitrogens with zero attached hydrogens (tertiary/aromatic N) is 7. The van der Waals surface area contributed by atoms with Gasteiger partial charge < -0.3 is 20.6 Å². The van der Waals surface area contributed by atoms with E-state index in [1.165, 1.54) is 12.8 Å². The topological polar surface area (TPSA) is 108 Å². The maximum atomic E-state index is 10.3. The maximum Gasteiger partial charge on any atom is 0.206 e. The number of phenols is 1. The number of aromatic hydroxyl groups is 1. The summed E-state index contributed by atoms with van der Waals surface area (Å²) in [5.41, 5.74) is 8.32. The van der Waals surface area contributed by atoms with Crippen LogP contribution in [0.1, 0.15) is 45.9 Å². The zero-order valence-corrected chi connectivity index (χ0v) is 22.4. The van der Waals surface area contributed by atoms with E-state index in [9.17, 15) is 5.11 Å². The molecule has 2 aliphatic heterocycles. The Balaban J connectivity index is 1.31. The summed E-state index contributed by atoms with van der Waals surface area (Å²) in [4.78, 5) is 16.2. The van der Waals surface area contributed by atoms with E-state index in [0.717, 1.165) is 44.1 Å². The molecule has 0 aliphatic carbocycles. The lowest BCUT2D eigenvalue weighted by molar-refractivity contribution is 0.243. The van der Waals surface area contributed by atoms with E-state index in [4.69, 9.17) is 10.7 Å². The highest BCUT2D eigenvalue weighted by Gasteiger charge is 2.26. The molecule has 3 aromatic rings. The van der Waals surface area contributed by atoms with E-state index in [2.05, 4.69) is 62.5 Å². The summed E-state index contributed by atoms with van der Waals surface area (Å²) >= 11 is 0. The minimum atomic E-state index is 0.167. The fraction of sp³-hybridized carbons (Fsp3) is 0.448. The molecule has 2 fully saturated rings. The Hall–Kier alpha value is -3.90. The molecular weight excluding hydrogens is 476 g/mol. The van der Waals surface area contributed by atoms with Gasteiger partial charge in [0.05, 0.1) is 17.9 Å². The third kappa shape index (κ3) is 5.50. The third-order valence-electron chi connectivity index (χ3n) is 7.81. The molecule has 9 heteroatoms. The van der Waals surface area contributed by atoms with Gasteiger partial charge >= 0.3 is 0 Å². The highest BCUT2D eigenvalue weighted by atomic mass is 16.3. The van der Waals surface area contributed by atoms with Crippen molar-refractivity contribution < 1.29 is 5.11 Å². The number of anilines is 3. The molecule has 0 unspecified atom stereocenters. The largest absolute Gasteiger partial charge is 0.507 e. The monoisotopic (exact) mass is 512 g/mol. The van der Waals surface area contributed by atoms with Crippen molar-refractivity contribution in [2.75, 3.05) is 41.7 Å². The molecule has 2 saturated heterocycles. The van der Waals surface area contributed by atoms with Crippen LogP contribution in [-0.4, -0.2) is 74.5 Å². The standard InChI is InChI=1S/C29H36N8O/c1-20-10-11-21(2)36(20)15-6-9-27-31-14-12-28(32-27)37-18-17-35(16-13-22(37)3)25-19-24(33-34-29(25)30)23-7-4-5-8-26(23)38/h4-5,7-8,12,14,19-22,38H,10-11,13,15-18H2,1-3H3,(H2,30,34)/t20-,21-,22-/m0/s1. The first kappa shape index (κ1) is 25.7. The van der Waals surface area contributed by atoms with Crippen molar-refractivity contribution in [2.24, 2.45) is 0 Å². The average Bonchev–Trinajstić information content (AvgIpc) is 3.11. The van der Waals surface area contributed by atoms with Crippen LogP contribution < -0.4 is 15.5 Å². The average molecular weight is 513 g/mol. The SMILES string of the molecule is C[C@H]1CCN(c2cc(-c3ccccc3O)nnc2N)CCN1c1ccnc(C#CCN2[C@@H](C)CC[C@@H]2C)n1. The lowest BCUT2D eigenvalue weighted by Crippen LogP contribution is -2.35. The van der Waals surface area contributed by atoms with E-state index >= 15 is 0 Å². The van der Waals surface area contributed by atoms with Gasteiger partial charge in [-0.1, -0.05) is 18.1 Å². The second-order valence-corrected chi connectivity index (χ2v) is 10.3. The van der Waals surface area contributed by atoms with Crippen LogP contribution in [0.3, 0.4) is 0 Å². The number of para-hydroxylation sites is 1. The number of hydrogen-bond acceptors (Lipinski definition) is 9. The number of hydrogen-bond donors (Lipinski definition) is 2. The quantitative estimate of drug-likeness (QED) is 0.508. The summed E-state index contributed by atoms with van der Waals surface area (Å²) < 4.78 is 0. The van der Waals surface area contributed by atoms with Crippen LogP contribution in [0.15, 0.2) is 42.6 Å². The Morgan fingerprint density at radius 3 is 2.55 bits per heavy atom. The highest BCUT2D eigenvalue weighted by Crippen LogP contribution is 2.32. The zero-order chi connectivity index (χ0) is 26.6. The van der Waals surface area contributed by atoms with Crippen LogP contribution >= 0.6 is 0 Å². The summed E-state index contributed by atoms with van der Waals surface area (Å²) in [6.45, 7) is 9.84. The number of nitrogen functional groups attached to an aromatic ring is 1. The van der Waals surface area contributed by atoms with Crippen LogP contribution in [0.5, 0.6) is 5.75 Å². The van der Waals surface area contributed by atoms with Crippen molar-refractivity contribution in [3.8, 4) is 28.8 Å². The first-order valence-corrected chi connectivity index (χ1v) is 13.4. The number of nitrogens with two attached hydrogens (primary N) is 1. The molecule has 3 N–H and O–H groups in total. The summed E-state index contributed by atoms with van der Waals surface area (Å²) in [5, 5.41) is 18.7. The minimum absolute atomic E-state index is 0.167. The number of aromatic nitrogens is 4. The van der Waals surface area contributed by atoms with Crippen LogP contribution in [0, 0.1) is 11.8 Å². The smallest absolute Gasteiger partial charge is 0.206 e. The van der Waals surface area contributed by atoms with Crippen molar-refractivity contribution in [1.82, 2.24) is 25.1 Å². The molecule has 0 radical (unpaired) electrons. The van der Waals surface area contributed by atoms with Gasteiger partial charge in [0.15, 0.2) is 5.82 Å². The van der Waals surface area contributed by atoms with Crippen molar-refractivity contribution in [3.63, 3.8) is 0 Å². The van der Waals surface area contributed by atoms with Crippen LogP contribution in [0.2, 0.25) is 0 Å². The summed E-state index contributed by atoms with van der Waals surface area (Å²) in [6, 6.07) is 12.4. The van der Waals surface area contributed by atoms with Gasteiger partial charge in [-0.3, -0.25) is 4.90 Å². The van der Waals surface area contributed by atoms with Crippen LogP contribution in [-0.2, 0) is 0 Å². The molecule has 2 aliphatic rings. The van der Waals surface area contributed by atoms with Crippen molar-refractivity contribution in [2.45, 2.75) is 58.2 Å². The molecule has 1 aromatic carbocycles. The molecule has 5 rings (SSSR count). The zero-order valence-electron chi connectivity index (χ0n) is 22.4. The van der Waals surface area contributed by atoms with E-state index in [0.29, 0.717) is 35.0 Å². The van der Waals surface area contributed by atoms with E-state index in [1.54, 1.807) is 18.3 Å². The van der Waals surface area contributed by atoms with Crippen LogP contribution in [0.4, 0.5) is 17.3 Å². The molecule has 2 aromatic heterocycles. The number of rotatable bonds is 4. The molecule has 0 amide bonds. The molecule has 0 bridgehead atoms. The fourth-order valence-electron chi connectivity index (χ4n) is 5.45. The van der Waals surface area contributed by atoms with Crippen LogP contribution in [0.25, 0.3) is 11.3 Å². The Bertz CT molecular complexity index is 1330. The molecule has 3 atom stereocenters. The lowest BCUT2D eigenvalue weighted by Gasteiger charge is -2.28. The Morgan fingerprint density at radius 2 is 1.76 bits per heavy atom. The summed E-state index contributed by atoms with van der Waals surface area (Å²) in [5.74, 6) is 8.48. The second kappa shape index (κ2) is 11.2. The first-order chi connectivity index (χ1) is 18.4. The molecule has 9 nitrogen and oxygen atoms in total. The van der Waals surface area contributed by atoms with Crippen molar-refractivity contribution in [1.29, 1.82) is 0 Å². The molecular formula is C29H36N8O. The van der Waals surface area contributed by atoms with Gasteiger partial charge in [0.2, 0.25) is 5.82 Å². The maximum absolute atomic E-state index is 10.3. The number of likely N-dealkylation sites (tertiary alicyclic amines) is 1. The number of phenolic OH excluding ortho intramolecular Hbond substituents is 1. The molecule has 198 valence electrons. The van der Waals surface area contributed by atoms with Gasteiger partial charge in [-0.05, 0) is 70.2 Å². The van der Waals surface area contributed by atoms with E-state index < -0.39 is 0 Å². The first-order valence-electron chi connectivity index (χ1n) is 13.4. The Kier molecular flexibility index (Phi) is 7.61.